The second-order valence-electron chi connectivity index (χ2n) is 10.2. The first-order valence-electron chi connectivity index (χ1n) is 14.8. The zero-order valence-corrected chi connectivity index (χ0v) is 24.3. The summed E-state index contributed by atoms with van der Waals surface area (Å²) in [5.74, 6) is 0.503. The largest absolute Gasteiger partial charge is 0.395 e. The minimum Gasteiger partial charge on any atom is -0.395 e. The second-order valence-corrected chi connectivity index (χ2v) is 12.3. The molecule has 0 aliphatic heterocycles. The van der Waals surface area contributed by atoms with Gasteiger partial charge in [-0.2, -0.15) is 0 Å². The molecule has 1 N–H and O–H groups in total. The normalized spacial score (nSPS) is 21.9. The summed E-state index contributed by atoms with van der Waals surface area (Å²) in [6, 6.07) is 0. The lowest BCUT2D eigenvalue weighted by Gasteiger charge is -2.36. The van der Waals surface area contributed by atoms with Gasteiger partial charge >= 0.3 is 9.28 Å². The van der Waals surface area contributed by atoms with Crippen molar-refractivity contribution in [3.05, 3.63) is 0 Å². The van der Waals surface area contributed by atoms with Crippen LogP contribution >= 0.6 is 0 Å². The fourth-order valence-corrected chi connectivity index (χ4v) is 7.15. The summed E-state index contributed by atoms with van der Waals surface area (Å²) >= 11 is 0. The van der Waals surface area contributed by atoms with E-state index in [2.05, 4.69) is 27.7 Å². The molecule has 0 heterocycles. The van der Waals surface area contributed by atoms with Crippen molar-refractivity contribution in [1.29, 1.82) is 0 Å². The van der Waals surface area contributed by atoms with Gasteiger partial charge in [0.15, 0.2) is 0 Å². The summed E-state index contributed by atoms with van der Waals surface area (Å²) in [4.78, 5) is 0. The van der Waals surface area contributed by atoms with E-state index < -0.39 is 9.28 Å². The van der Waals surface area contributed by atoms with Crippen molar-refractivity contribution >= 4 is 9.28 Å². The highest BCUT2D eigenvalue weighted by atomic mass is 28.3. The Morgan fingerprint density at radius 2 is 1.29 bits per heavy atom. The number of aliphatic hydroxyl groups excluding tert-OH is 1. The van der Waals surface area contributed by atoms with Crippen molar-refractivity contribution in [1.82, 2.24) is 0 Å². The topological polar surface area (TPSA) is 57.2 Å². The maximum atomic E-state index is 10.5. The van der Waals surface area contributed by atoms with Crippen molar-refractivity contribution in [2.75, 3.05) is 26.4 Å². The van der Waals surface area contributed by atoms with Crippen LogP contribution in [0.5, 0.6) is 0 Å². The van der Waals surface area contributed by atoms with Crippen LogP contribution in [0, 0.1) is 5.92 Å². The molecule has 1 aliphatic carbocycles. The molecule has 0 bridgehead atoms. The Hall–Kier alpha value is 0.0169. The van der Waals surface area contributed by atoms with Crippen LogP contribution in [-0.2, 0) is 18.3 Å². The Labute approximate surface area is 213 Å². The third-order valence-electron chi connectivity index (χ3n) is 7.01. The Morgan fingerprint density at radius 1 is 0.735 bits per heavy atom. The highest BCUT2D eigenvalue weighted by Gasteiger charge is 2.35. The van der Waals surface area contributed by atoms with Crippen molar-refractivity contribution in [3.63, 3.8) is 0 Å². The van der Waals surface area contributed by atoms with E-state index in [0.717, 1.165) is 64.8 Å². The smallest absolute Gasteiger partial charge is 0.351 e. The fraction of sp³-hybridized carbons (Fsp3) is 1.00. The third kappa shape index (κ3) is 15.2. The average Bonchev–Trinajstić information content (AvgIpc) is 2.84. The molecule has 1 fully saturated rings. The predicted molar refractivity (Wildman–Crippen MR) is 145 cm³/mol. The predicted octanol–water partition coefficient (Wildman–Crippen LogP) is 6.86. The van der Waals surface area contributed by atoms with E-state index in [1.54, 1.807) is 0 Å². The van der Waals surface area contributed by atoms with Gasteiger partial charge in [-0.15, -0.1) is 0 Å². The summed E-state index contributed by atoms with van der Waals surface area (Å²) in [5.41, 5.74) is 0.0767. The van der Waals surface area contributed by atoms with E-state index in [4.69, 9.17) is 18.3 Å². The van der Waals surface area contributed by atoms with Crippen LogP contribution in [0.4, 0.5) is 0 Å². The highest BCUT2D eigenvalue weighted by molar-refractivity contribution is 6.46. The van der Waals surface area contributed by atoms with E-state index in [-0.39, 0.29) is 17.9 Å². The Bertz CT molecular complexity index is 425. The summed E-state index contributed by atoms with van der Waals surface area (Å²) in [7, 11) is -1.94. The van der Waals surface area contributed by atoms with Gasteiger partial charge in [0.05, 0.1) is 17.9 Å². The monoisotopic (exact) mass is 502 g/mol. The van der Waals surface area contributed by atoms with Gasteiger partial charge in [0.25, 0.3) is 0 Å². The van der Waals surface area contributed by atoms with Gasteiger partial charge in [0.1, 0.15) is 0 Å². The Kier molecular flexibility index (Phi) is 21.0. The van der Waals surface area contributed by atoms with E-state index in [1.807, 2.05) is 0 Å². The van der Waals surface area contributed by atoms with E-state index >= 15 is 0 Å². The number of hydrogen-bond acceptors (Lipinski definition) is 5. The molecule has 6 heteroatoms. The lowest BCUT2D eigenvalue weighted by atomic mass is 9.83. The van der Waals surface area contributed by atoms with E-state index in [1.165, 1.54) is 57.8 Å². The molecule has 1 aliphatic rings. The van der Waals surface area contributed by atoms with Crippen LogP contribution in [0.1, 0.15) is 130 Å². The molecule has 204 valence electrons. The number of unbranched alkanes of at least 4 members (excludes halogenated alkanes) is 9. The number of hydrogen-bond donors (Lipinski definition) is 1. The standard InChI is InChI=1S/C28H58O5Si/c1-5-9-12-15-20-31-27-23-25(18-19-26(27)29)24-28(30-8-4)34(32-21-16-13-10-6-2)33-22-17-14-11-7-3/h25-29,34H,5-24H2,1-4H3. The van der Waals surface area contributed by atoms with Crippen LogP contribution in [-0.4, -0.2) is 58.8 Å². The molecule has 0 saturated heterocycles. The average molecular weight is 503 g/mol. The molecule has 4 atom stereocenters. The molecule has 0 amide bonds. The molecule has 0 radical (unpaired) electrons. The van der Waals surface area contributed by atoms with Crippen molar-refractivity contribution < 1.29 is 23.4 Å². The van der Waals surface area contributed by atoms with Crippen LogP contribution in [0.3, 0.4) is 0 Å². The van der Waals surface area contributed by atoms with Crippen molar-refractivity contribution in [2.45, 2.75) is 148 Å². The Balaban J connectivity index is 2.61. The fourth-order valence-electron chi connectivity index (χ4n) is 4.87. The first-order chi connectivity index (χ1) is 16.7. The van der Waals surface area contributed by atoms with Crippen LogP contribution in [0.15, 0.2) is 0 Å². The van der Waals surface area contributed by atoms with Gasteiger partial charge in [-0.05, 0) is 57.8 Å². The first-order valence-corrected chi connectivity index (χ1v) is 16.4. The van der Waals surface area contributed by atoms with Crippen LogP contribution < -0.4 is 0 Å². The summed E-state index contributed by atoms with van der Waals surface area (Å²) in [5, 5.41) is 10.5. The van der Waals surface area contributed by atoms with Gasteiger partial charge in [-0.25, -0.2) is 0 Å². The minimum atomic E-state index is -1.94. The molecule has 4 unspecified atom stereocenters. The van der Waals surface area contributed by atoms with Crippen molar-refractivity contribution in [2.24, 2.45) is 5.92 Å². The molecule has 0 spiro atoms. The van der Waals surface area contributed by atoms with Gasteiger partial charge in [-0.1, -0.05) is 78.6 Å². The molecular formula is C28H58O5Si. The molecular weight excluding hydrogens is 444 g/mol. The first kappa shape index (κ1) is 32.0. The lowest BCUT2D eigenvalue weighted by Crippen LogP contribution is -2.43. The zero-order chi connectivity index (χ0) is 24.9. The summed E-state index contributed by atoms with van der Waals surface area (Å²) < 4.78 is 25.2. The van der Waals surface area contributed by atoms with Crippen LogP contribution in [0.25, 0.3) is 0 Å². The highest BCUT2D eigenvalue weighted by Crippen LogP contribution is 2.31. The summed E-state index contributed by atoms with van der Waals surface area (Å²) in [6.07, 6.45) is 17.9. The van der Waals surface area contributed by atoms with Crippen molar-refractivity contribution in [3.8, 4) is 0 Å². The zero-order valence-electron chi connectivity index (χ0n) is 23.1. The summed E-state index contributed by atoms with van der Waals surface area (Å²) in [6.45, 7) is 11.8. The minimum absolute atomic E-state index is 0.0345. The maximum absolute atomic E-state index is 10.5. The molecule has 5 nitrogen and oxygen atoms in total. The molecule has 1 saturated carbocycles. The number of rotatable bonds is 23. The molecule has 1 rings (SSSR count). The second kappa shape index (κ2) is 22.2. The van der Waals surface area contributed by atoms with Crippen LogP contribution in [0.2, 0.25) is 0 Å². The Morgan fingerprint density at radius 3 is 1.82 bits per heavy atom. The number of aliphatic hydroxyl groups is 1. The van der Waals surface area contributed by atoms with Gasteiger partial charge < -0.3 is 23.4 Å². The van der Waals surface area contributed by atoms with Gasteiger partial charge in [0, 0.05) is 26.4 Å². The SMILES string of the molecule is CCCCCCOC1CC(CC(OCC)[SiH](OCCCCCC)OCCCCCC)CCC1O. The van der Waals surface area contributed by atoms with E-state index in [9.17, 15) is 5.11 Å². The third-order valence-corrected chi connectivity index (χ3v) is 9.21. The molecule has 34 heavy (non-hydrogen) atoms. The van der Waals surface area contributed by atoms with Gasteiger partial charge in [0.2, 0.25) is 0 Å². The maximum Gasteiger partial charge on any atom is 0.351 e. The number of ether oxygens (including phenoxy) is 2. The van der Waals surface area contributed by atoms with E-state index in [0.29, 0.717) is 12.5 Å². The quantitative estimate of drug-likeness (QED) is 0.122. The molecule has 0 aromatic rings. The molecule has 0 aromatic heterocycles. The lowest BCUT2D eigenvalue weighted by molar-refractivity contribution is -0.0770. The molecule has 0 aromatic carbocycles. The van der Waals surface area contributed by atoms with Gasteiger partial charge in [-0.3, -0.25) is 0 Å².